The van der Waals surface area contributed by atoms with Crippen LogP contribution in [-0.2, 0) is 33.6 Å². The van der Waals surface area contributed by atoms with Crippen LogP contribution in [-0.4, -0.2) is 85.2 Å². The molecule has 3 amide bonds. The van der Waals surface area contributed by atoms with E-state index in [9.17, 15) is 24.6 Å². The zero-order valence-corrected chi connectivity index (χ0v) is 29.1. The molecule has 0 bridgehead atoms. The molecule has 2 aromatic heterocycles. The van der Waals surface area contributed by atoms with Gasteiger partial charge in [0.05, 0.1) is 30.3 Å². The predicted molar refractivity (Wildman–Crippen MR) is 188 cm³/mol. The van der Waals surface area contributed by atoms with Crippen LogP contribution in [0.1, 0.15) is 82.0 Å². The average Bonchev–Trinajstić information content (AvgIpc) is 3.63. The highest BCUT2D eigenvalue weighted by atomic mass is 16.3. The van der Waals surface area contributed by atoms with Crippen molar-refractivity contribution in [1.82, 2.24) is 30.5 Å². The number of pyridine rings is 1. The van der Waals surface area contributed by atoms with Gasteiger partial charge < -0.3 is 30.7 Å². The van der Waals surface area contributed by atoms with Gasteiger partial charge in [-0.2, -0.15) is 0 Å². The summed E-state index contributed by atoms with van der Waals surface area (Å²) in [5.41, 5.74) is 2.39. The minimum Gasteiger partial charge on any atom is -0.393 e. The maximum atomic E-state index is 14.3. The highest BCUT2D eigenvalue weighted by Crippen LogP contribution is 2.29. The predicted octanol–water partition coefficient (Wildman–Crippen LogP) is 3.76. The molecule has 1 aliphatic rings. The SMILES string of the molecule is CC(C)C(O)CC(O)[C@H](CC1CCCCC1)NC(=O)[C@H](Cc1c[nH]cn1)N(C)C(=O)[C@H](Cc1ccccc1)NC(=O)CCc1cccnc1. The third kappa shape index (κ3) is 12.1. The van der Waals surface area contributed by atoms with Gasteiger partial charge in [-0.3, -0.25) is 19.4 Å². The lowest BCUT2D eigenvalue weighted by atomic mass is 9.82. The molecule has 1 fully saturated rings. The summed E-state index contributed by atoms with van der Waals surface area (Å²) in [6, 6.07) is 10.7. The summed E-state index contributed by atoms with van der Waals surface area (Å²) in [7, 11) is 1.58. The number of imidazole rings is 1. The third-order valence-corrected chi connectivity index (χ3v) is 9.71. The minimum absolute atomic E-state index is 0.0435. The number of amides is 3. The van der Waals surface area contributed by atoms with E-state index in [1.54, 1.807) is 25.6 Å². The van der Waals surface area contributed by atoms with Gasteiger partial charge in [-0.25, -0.2) is 4.98 Å². The van der Waals surface area contributed by atoms with Gasteiger partial charge in [-0.1, -0.05) is 82.3 Å². The number of benzene rings is 1. The van der Waals surface area contributed by atoms with Gasteiger partial charge in [-0.05, 0) is 41.9 Å². The van der Waals surface area contributed by atoms with E-state index < -0.39 is 42.1 Å². The van der Waals surface area contributed by atoms with Gasteiger partial charge in [0.2, 0.25) is 17.7 Å². The Labute approximate surface area is 290 Å². The molecule has 11 nitrogen and oxygen atoms in total. The van der Waals surface area contributed by atoms with Crippen molar-refractivity contribution in [3.8, 4) is 0 Å². The van der Waals surface area contributed by atoms with Gasteiger partial charge in [0.25, 0.3) is 0 Å². The summed E-state index contributed by atoms with van der Waals surface area (Å²) in [6.45, 7) is 3.80. The van der Waals surface area contributed by atoms with Crippen LogP contribution >= 0.6 is 0 Å². The molecule has 0 saturated heterocycles. The fourth-order valence-corrected chi connectivity index (χ4v) is 6.58. The first-order valence-electron chi connectivity index (χ1n) is 17.7. The standard InChI is InChI=1S/C38H54N6O5/c1-26(2)34(45)22-35(46)31(19-27-11-6-4-7-12-27)43-37(48)33(21-30-24-40-25-41-30)44(3)38(49)32(20-28-13-8-5-9-14-28)42-36(47)17-16-29-15-10-18-39-23-29/h5,8-10,13-15,18,23-27,31-35,45-46H,4,6-7,11-12,16-17,19-22H2,1-3H3,(H,40,41)(H,42,47)(H,43,48)/t31-,32-,33-,34?,35?/m0/s1. The number of nitrogens with one attached hydrogen (secondary N) is 3. The van der Waals surface area contributed by atoms with Crippen molar-refractivity contribution in [3.05, 3.63) is 84.2 Å². The summed E-state index contributed by atoms with van der Waals surface area (Å²) in [4.78, 5) is 54.5. The Morgan fingerprint density at radius 1 is 0.959 bits per heavy atom. The quantitative estimate of drug-likeness (QED) is 0.137. The molecule has 5 atom stereocenters. The number of rotatable bonds is 18. The van der Waals surface area contributed by atoms with Gasteiger partial charge in [-0.15, -0.1) is 0 Å². The molecule has 2 heterocycles. The Balaban J connectivity index is 1.55. The lowest BCUT2D eigenvalue weighted by Crippen LogP contribution is -2.58. The summed E-state index contributed by atoms with van der Waals surface area (Å²) >= 11 is 0. The van der Waals surface area contributed by atoms with Crippen LogP contribution in [0, 0.1) is 11.8 Å². The maximum Gasteiger partial charge on any atom is 0.245 e. The van der Waals surface area contributed by atoms with Crippen molar-refractivity contribution in [2.75, 3.05) is 7.05 Å². The highest BCUT2D eigenvalue weighted by Gasteiger charge is 2.36. The topological polar surface area (TPSA) is 161 Å². The zero-order chi connectivity index (χ0) is 35.2. The van der Waals surface area contributed by atoms with Crippen LogP contribution in [0.15, 0.2) is 67.4 Å². The van der Waals surface area contributed by atoms with E-state index in [-0.39, 0.29) is 37.5 Å². The molecule has 1 aliphatic carbocycles. The van der Waals surface area contributed by atoms with E-state index in [4.69, 9.17) is 0 Å². The van der Waals surface area contributed by atoms with Crippen LogP contribution in [0.5, 0.6) is 0 Å². The van der Waals surface area contributed by atoms with Crippen LogP contribution in [0.2, 0.25) is 0 Å². The fourth-order valence-electron chi connectivity index (χ4n) is 6.58. The number of aliphatic hydroxyl groups is 2. The van der Waals surface area contributed by atoms with Crippen LogP contribution in [0.3, 0.4) is 0 Å². The molecule has 0 aliphatic heterocycles. The molecular weight excluding hydrogens is 620 g/mol. The van der Waals surface area contributed by atoms with Crippen molar-refractivity contribution < 1.29 is 24.6 Å². The lowest BCUT2D eigenvalue weighted by Gasteiger charge is -2.35. The number of hydrogen-bond donors (Lipinski definition) is 5. The molecule has 2 unspecified atom stereocenters. The molecule has 5 N–H and O–H groups in total. The van der Waals surface area contributed by atoms with E-state index in [1.807, 2.05) is 56.3 Å². The number of carbonyl (C=O) groups is 3. The first-order valence-corrected chi connectivity index (χ1v) is 17.7. The van der Waals surface area contributed by atoms with Gasteiger partial charge in [0.15, 0.2) is 0 Å². The first kappa shape index (κ1) is 37.7. The molecule has 0 radical (unpaired) electrons. The van der Waals surface area contributed by atoms with Crippen molar-refractivity contribution in [2.45, 2.75) is 115 Å². The van der Waals surface area contributed by atoms with Crippen molar-refractivity contribution in [3.63, 3.8) is 0 Å². The summed E-state index contributed by atoms with van der Waals surface area (Å²) in [5.74, 6) is -0.795. The number of aromatic nitrogens is 3. The third-order valence-electron chi connectivity index (χ3n) is 9.71. The van der Waals surface area contributed by atoms with E-state index in [0.29, 0.717) is 24.5 Å². The Morgan fingerprint density at radius 2 is 1.69 bits per heavy atom. The Morgan fingerprint density at radius 3 is 2.35 bits per heavy atom. The average molecular weight is 675 g/mol. The highest BCUT2D eigenvalue weighted by molar-refractivity contribution is 5.92. The Bertz CT molecular complexity index is 1410. The molecule has 4 rings (SSSR count). The Kier molecular flexibility index (Phi) is 14.8. The zero-order valence-electron chi connectivity index (χ0n) is 29.1. The number of H-pyrrole nitrogens is 1. The van der Waals surface area contributed by atoms with Gasteiger partial charge in [0.1, 0.15) is 12.1 Å². The number of aryl methyl sites for hydroxylation is 1. The van der Waals surface area contributed by atoms with E-state index in [0.717, 1.165) is 36.8 Å². The molecule has 11 heteroatoms. The smallest absolute Gasteiger partial charge is 0.245 e. The number of nitrogens with zero attached hydrogens (tertiary/aromatic N) is 3. The van der Waals surface area contributed by atoms with Crippen molar-refractivity contribution in [1.29, 1.82) is 0 Å². The van der Waals surface area contributed by atoms with Gasteiger partial charge in [0, 0.05) is 51.3 Å². The molecule has 1 saturated carbocycles. The van der Waals surface area contributed by atoms with Crippen molar-refractivity contribution in [2.24, 2.45) is 11.8 Å². The normalized spacial score (nSPS) is 16.7. The summed E-state index contributed by atoms with van der Waals surface area (Å²) in [5, 5.41) is 28.0. The second-order valence-corrected chi connectivity index (χ2v) is 13.9. The Hall–Kier alpha value is -4.09. The second-order valence-electron chi connectivity index (χ2n) is 13.9. The largest absolute Gasteiger partial charge is 0.393 e. The number of hydrogen-bond acceptors (Lipinski definition) is 7. The molecule has 266 valence electrons. The van der Waals surface area contributed by atoms with Gasteiger partial charge >= 0.3 is 0 Å². The molecular formula is C38H54N6O5. The monoisotopic (exact) mass is 674 g/mol. The minimum atomic E-state index is -0.975. The lowest BCUT2D eigenvalue weighted by molar-refractivity contribution is -0.142. The van der Waals surface area contributed by atoms with Crippen LogP contribution < -0.4 is 10.6 Å². The first-order chi connectivity index (χ1) is 23.6. The number of aliphatic hydroxyl groups excluding tert-OH is 2. The number of likely N-dealkylation sites (N-methyl/N-ethyl adjacent to an activating group) is 1. The van der Waals surface area contributed by atoms with Crippen molar-refractivity contribution >= 4 is 17.7 Å². The van der Waals surface area contributed by atoms with E-state index in [2.05, 4.69) is 25.6 Å². The summed E-state index contributed by atoms with van der Waals surface area (Å²) in [6.07, 6.45) is 12.2. The molecule has 3 aromatic rings. The molecule has 49 heavy (non-hydrogen) atoms. The second kappa shape index (κ2) is 19.2. The molecule has 0 spiro atoms. The fraction of sp³-hybridized carbons (Fsp3) is 0.553. The number of carbonyl (C=O) groups excluding carboxylic acids is 3. The van der Waals surface area contributed by atoms with E-state index in [1.165, 1.54) is 17.6 Å². The van der Waals surface area contributed by atoms with Crippen LogP contribution in [0.4, 0.5) is 0 Å². The number of aromatic amines is 1. The molecule has 1 aromatic carbocycles. The van der Waals surface area contributed by atoms with Crippen LogP contribution in [0.25, 0.3) is 0 Å². The maximum absolute atomic E-state index is 14.3. The van der Waals surface area contributed by atoms with E-state index >= 15 is 0 Å². The summed E-state index contributed by atoms with van der Waals surface area (Å²) < 4.78 is 0.